The Hall–Kier alpha value is -1.68. The van der Waals surface area contributed by atoms with Crippen LogP contribution in [0.4, 0.5) is 0 Å². The zero-order chi connectivity index (χ0) is 14.8. The van der Waals surface area contributed by atoms with Crippen LogP contribution < -0.4 is 9.47 Å². The van der Waals surface area contributed by atoms with Crippen LogP contribution in [0.15, 0.2) is 24.3 Å². The van der Waals surface area contributed by atoms with Gasteiger partial charge < -0.3 is 14.0 Å². The Balaban J connectivity index is 1.80. The standard InChI is InChI=1S/C16H19ClN2O2/c1-11-7-8-19-13(9-11)12(18-16(19)17)10-21-15-6-4-3-5-14(15)20-2/h3-6,11H,7-10H2,1-2H3. The molecule has 1 atom stereocenters. The summed E-state index contributed by atoms with van der Waals surface area (Å²) in [7, 11) is 1.64. The average Bonchev–Trinajstić information content (AvgIpc) is 2.81. The van der Waals surface area contributed by atoms with Gasteiger partial charge in [0.25, 0.3) is 0 Å². The molecule has 0 saturated carbocycles. The first-order chi connectivity index (χ1) is 10.2. The van der Waals surface area contributed by atoms with Gasteiger partial charge in [0.15, 0.2) is 11.5 Å². The van der Waals surface area contributed by atoms with Crippen LogP contribution in [0.25, 0.3) is 0 Å². The number of ether oxygens (including phenoxy) is 2. The second-order valence-electron chi connectivity index (χ2n) is 5.46. The molecule has 0 fully saturated rings. The largest absolute Gasteiger partial charge is 0.493 e. The molecule has 2 aromatic rings. The number of methoxy groups -OCH3 is 1. The van der Waals surface area contributed by atoms with Crippen LogP contribution in [0, 0.1) is 5.92 Å². The fourth-order valence-electron chi connectivity index (χ4n) is 2.74. The topological polar surface area (TPSA) is 36.3 Å². The van der Waals surface area contributed by atoms with Crippen LogP contribution >= 0.6 is 11.6 Å². The van der Waals surface area contributed by atoms with E-state index in [-0.39, 0.29) is 0 Å². The first-order valence-corrected chi connectivity index (χ1v) is 7.56. The lowest BCUT2D eigenvalue weighted by Gasteiger charge is -2.21. The quantitative estimate of drug-likeness (QED) is 0.864. The summed E-state index contributed by atoms with van der Waals surface area (Å²) < 4.78 is 13.3. The maximum Gasteiger partial charge on any atom is 0.203 e. The van der Waals surface area contributed by atoms with E-state index < -0.39 is 0 Å². The molecule has 1 aromatic carbocycles. The van der Waals surface area contributed by atoms with Crippen molar-refractivity contribution in [1.29, 1.82) is 0 Å². The van der Waals surface area contributed by atoms with Gasteiger partial charge >= 0.3 is 0 Å². The summed E-state index contributed by atoms with van der Waals surface area (Å²) in [6.07, 6.45) is 2.15. The molecule has 0 saturated heterocycles. The summed E-state index contributed by atoms with van der Waals surface area (Å²) in [5.74, 6) is 2.11. The predicted octanol–water partition coefficient (Wildman–Crippen LogP) is 3.71. The molecule has 0 bridgehead atoms. The van der Waals surface area contributed by atoms with Crippen molar-refractivity contribution in [2.75, 3.05) is 7.11 Å². The molecule has 0 spiro atoms. The van der Waals surface area contributed by atoms with Gasteiger partial charge in [-0.3, -0.25) is 0 Å². The third kappa shape index (κ3) is 2.86. The highest BCUT2D eigenvalue weighted by Crippen LogP contribution is 2.30. The Bertz CT molecular complexity index is 639. The number of rotatable bonds is 4. The zero-order valence-corrected chi connectivity index (χ0v) is 13.1. The lowest BCUT2D eigenvalue weighted by molar-refractivity contribution is 0.278. The number of aromatic nitrogens is 2. The second kappa shape index (κ2) is 5.98. The van der Waals surface area contributed by atoms with E-state index >= 15 is 0 Å². The Labute approximate surface area is 129 Å². The Morgan fingerprint density at radius 1 is 1.33 bits per heavy atom. The highest BCUT2D eigenvalue weighted by Gasteiger charge is 2.23. The van der Waals surface area contributed by atoms with Crippen molar-refractivity contribution in [2.24, 2.45) is 5.92 Å². The lowest BCUT2D eigenvalue weighted by Crippen LogP contribution is -2.18. The number of benzene rings is 1. The molecular formula is C16H19ClN2O2. The van der Waals surface area contributed by atoms with E-state index in [1.165, 1.54) is 5.69 Å². The molecule has 4 nitrogen and oxygen atoms in total. The maximum atomic E-state index is 6.22. The van der Waals surface area contributed by atoms with E-state index in [1.807, 2.05) is 24.3 Å². The highest BCUT2D eigenvalue weighted by molar-refractivity contribution is 6.28. The number of fused-ring (bicyclic) bond motifs is 1. The average molecular weight is 307 g/mol. The zero-order valence-electron chi connectivity index (χ0n) is 12.3. The molecule has 1 aliphatic rings. The van der Waals surface area contributed by atoms with E-state index in [0.717, 1.165) is 36.6 Å². The summed E-state index contributed by atoms with van der Waals surface area (Å²) in [6, 6.07) is 7.62. The van der Waals surface area contributed by atoms with E-state index in [4.69, 9.17) is 21.1 Å². The number of para-hydroxylation sites is 2. The molecule has 112 valence electrons. The Kier molecular flexibility index (Phi) is 4.06. The normalized spacial score (nSPS) is 17.4. The summed E-state index contributed by atoms with van der Waals surface area (Å²) in [6.45, 7) is 3.61. The van der Waals surface area contributed by atoms with E-state index in [2.05, 4.69) is 16.5 Å². The SMILES string of the molecule is COc1ccccc1OCc1nc(Cl)n2c1CC(C)CC2. The molecular weight excluding hydrogens is 288 g/mol. The van der Waals surface area contributed by atoms with Crippen molar-refractivity contribution in [3.05, 3.63) is 40.9 Å². The van der Waals surface area contributed by atoms with E-state index in [0.29, 0.717) is 17.8 Å². The fraction of sp³-hybridized carbons (Fsp3) is 0.438. The molecule has 1 aliphatic heterocycles. The fourth-order valence-corrected chi connectivity index (χ4v) is 3.03. The minimum atomic E-state index is 0.412. The highest BCUT2D eigenvalue weighted by atomic mass is 35.5. The molecule has 21 heavy (non-hydrogen) atoms. The van der Waals surface area contributed by atoms with Crippen LogP contribution in [0.5, 0.6) is 11.5 Å². The van der Waals surface area contributed by atoms with Gasteiger partial charge in [-0.05, 0) is 42.5 Å². The van der Waals surface area contributed by atoms with Gasteiger partial charge in [-0.15, -0.1) is 0 Å². The molecule has 3 rings (SSSR count). The van der Waals surface area contributed by atoms with Crippen molar-refractivity contribution in [1.82, 2.24) is 9.55 Å². The van der Waals surface area contributed by atoms with Crippen LogP contribution in [0.2, 0.25) is 5.28 Å². The third-order valence-corrected chi connectivity index (χ3v) is 4.22. The first-order valence-electron chi connectivity index (χ1n) is 7.18. The van der Waals surface area contributed by atoms with Crippen LogP contribution in [0.3, 0.4) is 0 Å². The number of halogens is 1. The minimum absolute atomic E-state index is 0.412. The molecule has 1 aromatic heterocycles. The number of hydrogen-bond donors (Lipinski definition) is 0. The van der Waals surface area contributed by atoms with E-state index in [9.17, 15) is 0 Å². The Morgan fingerprint density at radius 3 is 2.86 bits per heavy atom. The smallest absolute Gasteiger partial charge is 0.203 e. The molecule has 0 aliphatic carbocycles. The molecule has 0 amide bonds. The monoisotopic (exact) mass is 306 g/mol. The van der Waals surface area contributed by atoms with Crippen molar-refractivity contribution in [2.45, 2.75) is 32.9 Å². The van der Waals surface area contributed by atoms with Crippen LogP contribution in [-0.4, -0.2) is 16.7 Å². The molecule has 5 heteroatoms. The van der Waals surface area contributed by atoms with Crippen molar-refractivity contribution >= 4 is 11.6 Å². The predicted molar refractivity (Wildman–Crippen MR) is 82.0 cm³/mol. The number of nitrogens with zero attached hydrogens (tertiary/aromatic N) is 2. The van der Waals surface area contributed by atoms with Gasteiger partial charge in [0, 0.05) is 12.2 Å². The van der Waals surface area contributed by atoms with E-state index in [1.54, 1.807) is 7.11 Å². The first kappa shape index (κ1) is 14.3. The molecule has 1 unspecified atom stereocenters. The number of imidazole rings is 1. The summed E-state index contributed by atoms with van der Waals surface area (Å²) in [5.41, 5.74) is 2.13. The van der Waals surface area contributed by atoms with Gasteiger partial charge in [-0.1, -0.05) is 19.1 Å². The number of hydrogen-bond acceptors (Lipinski definition) is 3. The van der Waals surface area contributed by atoms with Crippen LogP contribution in [0.1, 0.15) is 24.7 Å². The van der Waals surface area contributed by atoms with Gasteiger partial charge in [-0.25, -0.2) is 4.98 Å². The van der Waals surface area contributed by atoms with Gasteiger partial charge in [0.2, 0.25) is 5.28 Å². The van der Waals surface area contributed by atoms with Gasteiger partial charge in [-0.2, -0.15) is 0 Å². The molecule has 0 N–H and O–H groups in total. The Morgan fingerprint density at radius 2 is 2.10 bits per heavy atom. The molecule has 2 heterocycles. The lowest BCUT2D eigenvalue weighted by atomic mass is 9.97. The second-order valence-corrected chi connectivity index (χ2v) is 5.80. The van der Waals surface area contributed by atoms with Crippen molar-refractivity contribution < 1.29 is 9.47 Å². The van der Waals surface area contributed by atoms with Gasteiger partial charge in [0.1, 0.15) is 12.3 Å². The maximum absolute atomic E-state index is 6.22. The summed E-state index contributed by atoms with van der Waals surface area (Å²) in [5, 5.41) is 0.565. The molecule has 0 radical (unpaired) electrons. The van der Waals surface area contributed by atoms with Crippen molar-refractivity contribution in [3.63, 3.8) is 0 Å². The summed E-state index contributed by atoms with van der Waals surface area (Å²) in [4.78, 5) is 4.46. The van der Waals surface area contributed by atoms with Crippen LogP contribution in [-0.2, 0) is 19.6 Å². The summed E-state index contributed by atoms with van der Waals surface area (Å²) >= 11 is 6.22. The minimum Gasteiger partial charge on any atom is -0.493 e. The van der Waals surface area contributed by atoms with Gasteiger partial charge in [0.05, 0.1) is 7.11 Å². The van der Waals surface area contributed by atoms with Crippen molar-refractivity contribution in [3.8, 4) is 11.5 Å². The third-order valence-electron chi connectivity index (χ3n) is 3.93.